The first-order valence-corrected chi connectivity index (χ1v) is 13.5. The Labute approximate surface area is 236 Å². The number of nitrogens with zero attached hydrogens (tertiary/aromatic N) is 6. The van der Waals surface area contributed by atoms with Crippen molar-refractivity contribution >= 4 is 52.0 Å². The molecule has 1 aliphatic carbocycles. The van der Waals surface area contributed by atoms with Crippen LogP contribution in [0.25, 0.3) is 17.1 Å². The van der Waals surface area contributed by atoms with Crippen LogP contribution in [0, 0.1) is 6.92 Å². The molecule has 1 amide bonds. The fraction of sp³-hybridized carbons (Fsp3) is 0.222. The second-order valence-corrected chi connectivity index (χ2v) is 10.3. The third-order valence-corrected chi connectivity index (χ3v) is 7.24. The van der Waals surface area contributed by atoms with Gasteiger partial charge in [-0.1, -0.05) is 71.9 Å². The Morgan fingerprint density at radius 3 is 2.70 bits per heavy atom. The molecule has 206 valence electrons. The first-order valence-electron chi connectivity index (χ1n) is 12.2. The highest BCUT2D eigenvalue weighted by Crippen LogP contribution is 2.34. The summed E-state index contributed by atoms with van der Waals surface area (Å²) in [6.07, 6.45) is 2.26. The van der Waals surface area contributed by atoms with Crippen LogP contribution in [0.15, 0.2) is 77.2 Å². The van der Waals surface area contributed by atoms with E-state index in [-0.39, 0.29) is 12.3 Å². The van der Waals surface area contributed by atoms with Crippen LogP contribution >= 0.6 is 23.4 Å². The lowest BCUT2D eigenvalue weighted by Gasteiger charge is -2.28. The minimum atomic E-state index is -4.69. The number of anilines is 1. The van der Waals surface area contributed by atoms with Gasteiger partial charge in [-0.15, -0.1) is 23.4 Å². The molecule has 13 heteroatoms. The molecule has 2 aromatic carbocycles. The number of halogens is 4. The molecule has 8 nitrogen and oxygen atoms in total. The zero-order chi connectivity index (χ0) is 28.3. The van der Waals surface area contributed by atoms with E-state index in [1.54, 1.807) is 18.4 Å². The second kappa shape index (κ2) is 11.8. The minimum absolute atomic E-state index is 0.0706. The van der Waals surface area contributed by atoms with Crippen LogP contribution in [-0.4, -0.2) is 50.3 Å². The lowest BCUT2D eigenvalue weighted by Crippen LogP contribution is -2.39. The van der Waals surface area contributed by atoms with Crippen LogP contribution in [0.4, 0.5) is 18.9 Å². The zero-order valence-corrected chi connectivity index (χ0v) is 22.6. The van der Waals surface area contributed by atoms with Gasteiger partial charge in [0.1, 0.15) is 6.33 Å². The Morgan fingerprint density at radius 2 is 2.00 bits per heavy atom. The molecular weight excluding hydrogens is 565 g/mol. The number of aromatic nitrogens is 3. The summed E-state index contributed by atoms with van der Waals surface area (Å²) in [6.45, 7) is 1.89. The molecule has 5 rings (SSSR count). The second-order valence-electron chi connectivity index (χ2n) is 8.82. The van der Waals surface area contributed by atoms with E-state index in [9.17, 15) is 18.0 Å². The van der Waals surface area contributed by atoms with E-state index < -0.39 is 12.5 Å². The van der Waals surface area contributed by atoms with E-state index in [4.69, 9.17) is 11.6 Å². The summed E-state index contributed by atoms with van der Waals surface area (Å²) in [7, 11) is 0. The number of amides is 1. The molecule has 0 saturated carbocycles. The predicted octanol–water partition coefficient (Wildman–Crippen LogP) is 6.47. The summed E-state index contributed by atoms with van der Waals surface area (Å²) in [4.78, 5) is 18.6. The number of thioether (sulfide) groups is 1. The highest BCUT2D eigenvalue weighted by molar-refractivity contribution is 8.14. The number of allylic oxidation sites excluding steroid dienone is 2. The number of ether oxygens (including phenoxy) is 1. The number of hydrogen-bond donors (Lipinski definition) is 0. The lowest BCUT2D eigenvalue weighted by molar-refractivity contribution is -0.335. The van der Waals surface area contributed by atoms with Crippen molar-refractivity contribution in [1.82, 2.24) is 14.8 Å². The predicted molar refractivity (Wildman–Crippen MR) is 150 cm³/mol. The van der Waals surface area contributed by atoms with Crippen LogP contribution in [0.2, 0.25) is 5.02 Å². The van der Waals surface area contributed by atoms with Gasteiger partial charge >= 0.3 is 6.36 Å². The number of rotatable bonds is 6. The topological polar surface area (TPSA) is 85.0 Å². The third-order valence-electron chi connectivity index (χ3n) is 6.00. The van der Waals surface area contributed by atoms with E-state index in [0.717, 1.165) is 16.7 Å². The Bertz CT molecular complexity index is 1510. The van der Waals surface area contributed by atoms with Crippen molar-refractivity contribution in [3.8, 4) is 11.4 Å². The van der Waals surface area contributed by atoms with Gasteiger partial charge in [-0.2, -0.15) is 5.10 Å². The number of carbonyl (C=O) groups excluding carboxylic acids is 1. The molecular formula is C27H22ClF3N6O2S. The molecule has 0 spiro atoms. The van der Waals surface area contributed by atoms with Gasteiger partial charge in [-0.3, -0.25) is 14.4 Å². The van der Waals surface area contributed by atoms with Crippen molar-refractivity contribution in [3.63, 3.8) is 0 Å². The molecule has 1 unspecified atom stereocenters. The number of hydrogen-bond acceptors (Lipinski definition) is 7. The lowest BCUT2D eigenvalue weighted by atomic mass is 10.1. The van der Waals surface area contributed by atoms with Crippen LogP contribution in [0.3, 0.4) is 0 Å². The third kappa shape index (κ3) is 6.52. The van der Waals surface area contributed by atoms with Gasteiger partial charge in [-0.25, -0.2) is 9.67 Å². The number of carbonyl (C=O) groups is 1. The van der Waals surface area contributed by atoms with Crippen LogP contribution in [0.5, 0.6) is 0 Å². The highest BCUT2D eigenvalue weighted by Gasteiger charge is 2.33. The maximum absolute atomic E-state index is 12.7. The van der Waals surface area contributed by atoms with E-state index in [2.05, 4.69) is 25.0 Å². The van der Waals surface area contributed by atoms with Crippen molar-refractivity contribution in [2.45, 2.75) is 32.2 Å². The summed E-state index contributed by atoms with van der Waals surface area (Å²) in [5.41, 5.74) is 3.59. The van der Waals surface area contributed by atoms with Crippen molar-refractivity contribution in [2.24, 2.45) is 10.2 Å². The van der Waals surface area contributed by atoms with E-state index in [0.29, 0.717) is 39.6 Å². The Kier molecular flexibility index (Phi) is 8.19. The smallest absolute Gasteiger partial charge is 0.284 e. The summed E-state index contributed by atoms with van der Waals surface area (Å²) in [5.74, 6) is 0.972. The molecule has 1 fully saturated rings. The van der Waals surface area contributed by atoms with Crippen LogP contribution < -0.4 is 4.90 Å². The monoisotopic (exact) mass is 586 g/mol. The molecule has 0 N–H and O–H groups in total. The molecule has 0 bridgehead atoms. The largest absolute Gasteiger partial charge is 0.523 e. The normalized spacial score (nSPS) is 19.1. The van der Waals surface area contributed by atoms with Gasteiger partial charge in [0.2, 0.25) is 5.91 Å². The zero-order valence-electron chi connectivity index (χ0n) is 21.0. The Balaban J connectivity index is 1.26. The van der Waals surface area contributed by atoms with Crippen molar-refractivity contribution in [3.05, 3.63) is 83.2 Å². The van der Waals surface area contributed by atoms with Gasteiger partial charge in [0, 0.05) is 17.7 Å². The average molecular weight is 587 g/mol. The highest BCUT2D eigenvalue weighted by atomic mass is 35.5. The van der Waals surface area contributed by atoms with Crippen molar-refractivity contribution in [2.75, 3.05) is 10.7 Å². The van der Waals surface area contributed by atoms with Gasteiger partial charge in [0.15, 0.2) is 11.0 Å². The summed E-state index contributed by atoms with van der Waals surface area (Å²) >= 11 is 7.84. The van der Waals surface area contributed by atoms with E-state index in [1.807, 2.05) is 43.3 Å². The Hall–Kier alpha value is -3.74. The molecule has 2 aliphatic rings. The fourth-order valence-electron chi connectivity index (χ4n) is 4.11. The molecule has 1 aliphatic heterocycles. The summed E-state index contributed by atoms with van der Waals surface area (Å²) < 4.78 is 42.8. The number of benzene rings is 2. The SMILES string of the molecule is Cc1cccc(Cl)c1N1C(=O)CCS/C1=N\N=C\c1ccc(-c2ncn(C3=CCC(OC(F)(F)F)C=C3)n2)cc1. The molecule has 2 heterocycles. The van der Waals surface area contributed by atoms with Gasteiger partial charge in [0.05, 0.1) is 28.7 Å². The average Bonchev–Trinajstić information content (AvgIpc) is 3.40. The van der Waals surface area contributed by atoms with Crippen LogP contribution in [0.1, 0.15) is 24.0 Å². The molecule has 0 radical (unpaired) electrons. The molecule has 3 aromatic rings. The van der Waals surface area contributed by atoms with Crippen molar-refractivity contribution in [1.29, 1.82) is 0 Å². The molecule has 1 saturated heterocycles. The van der Waals surface area contributed by atoms with E-state index in [1.165, 1.54) is 39.8 Å². The maximum atomic E-state index is 12.7. The standard InChI is InChI=1S/C27H22ClF3N6O2S/c1-17-3-2-4-22(28)24(17)37-23(38)13-14-40-26(37)34-33-15-18-5-7-19(8-6-18)25-32-16-36(35-25)20-9-11-21(12-10-20)39-27(29,30)31/h2-11,15-16,21H,12-14H2,1H3/b33-15+,34-26-. The van der Waals surface area contributed by atoms with E-state index >= 15 is 0 Å². The first kappa shape index (κ1) is 27.8. The first-order chi connectivity index (χ1) is 19.2. The summed E-state index contributed by atoms with van der Waals surface area (Å²) in [5, 5.41) is 13.9. The number of alkyl halides is 3. The fourth-order valence-corrected chi connectivity index (χ4v) is 5.31. The molecule has 1 aromatic heterocycles. The molecule has 40 heavy (non-hydrogen) atoms. The summed E-state index contributed by atoms with van der Waals surface area (Å²) in [6, 6.07) is 12.8. The van der Waals surface area contributed by atoms with Crippen molar-refractivity contribution < 1.29 is 22.7 Å². The number of amidine groups is 1. The van der Waals surface area contributed by atoms with Gasteiger partial charge < -0.3 is 0 Å². The van der Waals surface area contributed by atoms with Gasteiger partial charge in [-0.05, 0) is 36.6 Å². The number of aryl methyl sites for hydroxylation is 1. The minimum Gasteiger partial charge on any atom is -0.284 e. The maximum Gasteiger partial charge on any atom is 0.523 e. The van der Waals surface area contributed by atoms with Gasteiger partial charge in [0.25, 0.3) is 0 Å². The van der Waals surface area contributed by atoms with Crippen LogP contribution in [-0.2, 0) is 9.53 Å². The number of para-hydroxylation sites is 1. The molecule has 1 atom stereocenters. The quantitative estimate of drug-likeness (QED) is 0.244. The Morgan fingerprint density at radius 1 is 1.20 bits per heavy atom.